The second-order valence-electron chi connectivity index (χ2n) is 3.69. The molecule has 3 heteroatoms. The summed E-state index contributed by atoms with van der Waals surface area (Å²) in [5.41, 5.74) is 1.71. The van der Waals surface area contributed by atoms with Gasteiger partial charge in [-0.25, -0.2) is 0 Å². The van der Waals surface area contributed by atoms with Crippen molar-refractivity contribution in [3.8, 4) is 0 Å². The Morgan fingerprint density at radius 3 is 2.53 bits per heavy atom. The molecule has 1 heterocycles. The minimum atomic E-state index is 0.0787. The molecule has 0 N–H and O–H groups in total. The molecule has 0 spiro atoms. The van der Waals surface area contributed by atoms with Crippen molar-refractivity contribution >= 4 is 34.8 Å². The molecule has 86 valence electrons. The Hall–Kier alpha value is -1.38. The van der Waals surface area contributed by atoms with E-state index in [9.17, 15) is 4.79 Å². The number of Topliss-reactive ketones (excluding diaryl/α,β-unsaturated/α-hetero) is 1. The molecule has 1 aromatic heterocycles. The lowest BCUT2D eigenvalue weighted by Gasteiger charge is -1.99. The summed E-state index contributed by atoms with van der Waals surface area (Å²) in [4.78, 5) is 12.8. The molecular formula is C14H11ClOS. The smallest absolute Gasteiger partial charge is 0.198 e. The molecule has 17 heavy (non-hydrogen) atoms. The molecule has 2 rings (SSSR count). The van der Waals surface area contributed by atoms with Gasteiger partial charge in [0.1, 0.15) is 0 Å². The van der Waals surface area contributed by atoms with E-state index in [0.717, 1.165) is 16.0 Å². The van der Waals surface area contributed by atoms with Gasteiger partial charge >= 0.3 is 0 Å². The van der Waals surface area contributed by atoms with Crippen LogP contribution in [-0.2, 0) is 0 Å². The quantitative estimate of drug-likeness (QED) is 0.579. The molecule has 0 aliphatic carbocycles. The largest absolute Gasteiger partial charge is 0.288 e. The van der Waals surface area contributed by atoms with E-state index in [1.54, 1.807) is 0 Å². The maximum absolute atomic E-state index is 12.0. The lowest BCUT2D eigenvalue weighted by molar-refractivity contribution is 0.103. The lowest BCUT2D eigenvalue weighted by atomic mass is 10.1. The van der Waals surface area contributed by atoms with Crippen LogP contribution >= 0.6 is 22.9 Å². The molecule has 0 unspecified atom stereocenters. The van der Waals surface area contributed by atoms with E-state index in [0.29, 0.717) is 5.02 Å². The van der Waals surface area contributed by atoms with Gasteiger partial charge in [-0.1, -0.05) is 29.8 Å². The summed E-state index contributed by atoms with van der Waals surface area (Å²) < 4.78 is 0. The van der Waals surface area contributed by atoms with Crippen molar-refractivity contribution in [2.75, 3.05) is 0 Å². The van der Waals surface area contributed by atoms with Crippen LogP contribution in [0.15, 0.2) is 47.4 Å². The van der Waals surface area contributed by atoms with E-state index < -0.39 is 0 Å². The summed E-state index contributed by atoms with van der Waals surface area (Å²) in [7, 11) is 0. The standard InChI is InChI=1S/C14H11ClOS/c1-10(14(16)13-3-2-8-17-13)9-11-4-6-12(15)7-5-11/h2-9H,1H3. The Balaban J connectivity index is 2.22. The topological polar surface area (TPSA) is 17.1 Å². The van der Waals surface area contributed by atoms with Crippen LogP contribution in [0.3, 0.4) is 0 Å². The number of ketones is 1. The zero-order valence-corrected chi connectivity index (χ0v) is 10.9. The maximum Gasteiger partial charge on any atom is 0.198 e. The molecule has 0 aliphatic rings. The zero-order valence-electron chi connectivity index (χ0n) is 9.31. The Labute approximate surface area is 109 Å². The van der Waals surface area contributed by atoms with Gasteiger partial charge in [0.15, 0.2) is 5.78 Å². The van der Waals surface area contributed by atoms with Crippen molar-refractivity contribution in [1.29, 1.82) is 0 Å². The molecule has 0 fully saturated rings. The van der Waals surface area contributed by atoms with Crippen LogP contribution in [0.4, 0.5) is 0 Å². The molecule has 0 amide bonds. The fourth-order valence-electron chi connectivity index (χ4n) is 1.48. The number of hydrogen-bond acceptors (Lipinski definition) is 2. The monoisotopic (exact) mass is 262 g/mol. The molecular weight excluding hydrogens is 252 g/mol. The number of halogens is 1. The number of hydrogen-bond donors (Lipinski definition) is 0. The van der Waals surface area contributed by atoms with E-state index in [2.05, 4.69) is 0 Å². The number of carbonyl (C=O) groups excluding carboxylic acids is 1. The van der Waals surface area contributed by atoms with Crippen LogP contribution in [0.5, 0.6) is 0 Å². The second kappa shape index (κ2) is 5.30. The highest BCUT2D eigenvalue weighted by molar-refractivity contribution is 7.12. The normalized spacial score (nSPS) is 11.5. The molecule has 0 bridgehead atoms. The van der Waals surface area contributed by atoms with E-state index >= 15 is 0 Å². The van der Waals surface area contributed by atoms with Gasteiger partial charge in [-0.05, 0) is 47.7 Å². The van der Waals surface area contributed by atoms with E-state index in [-0.39, 0.29) is 5.78 Å². The van der Waals surface area contributed by atoms with Gasteiger partial charge in [0.2, 0.25) is 0 Å². The van der Waals surface area contributed by atoms with Crippen molar-refractivity contribution in [3.05, 3.63) is 62.8 Å². The molecule has 0 saturated carbocycles. The van der Waals surface area contributed by atoms with Gasteiger partial charge in [0.05, 0.1) is 4.88 Å². The summed E-state index contributed by atoms with van der Waals surface area (Å²) in [5.74, 6) is 0.0787. The summed E-state index contributed by atoms with van der Waals surface area (Å²) in [6.07, 6.45) is 1.87. The van der Waals surface area contributed by atoms with Crippen LogP contribution in [0.25, 0.3) is 6.08 Å². The first-order chi connectivity index (χ1) is 8.16. The lowest BCUT2D eigenvalue weighted by Crippen LogP contribution is -1.97. The number of rotatable bonds is 3. The number of allylic oxidation sites excluding steroid dienone is 1. The summed E-state index contributed by atoms with van der Waals surface area (Å²) in [5, 5.41) is 2.60. The fraction of sp³-hybridized carbons (Fsp3) is 0.0714. The summed E-state index contributed by atoms with van der Waals surface area (Å²) >= 11 is 7.27. The van der Waals surface area contributed by atoms with E-state index in [1.807, 2.05) is 54.8 Å². The van der Waals surface area contributed by atoms with Gasteiger partial charge in [0, 0.05) is 5.02 Å². The molecule has 1 nitrogen and oxygen atoms in total. The van der Waals surface area contributed by atoms with Crippen LogP contribution in [0.1, 0.15) is 22.2 Å². The van der Waals surface area contributed by atoms with Gasteiger partial charge in [-0.3, -0.25) is 4.79 Å². The predicted molar refractivity (Wildman–Crippen MR) is 73.8 cm³/mol. The van der Waals surface area contributed by atoms with Gasteiger partial charge in [-0.2, -0.15) is 0 Å². The summed E-state index contributed by atoms with van der Waals surface area (Å²) in [6.45, 7) is 1.83. The van der Waals surface area contributed by atoms with Crippen molar-refractivity contribution in [2.45, 2.75) is 6.92 Å². The third-order valence-corrected chi connectivity index (χ3v) is 3.48. The number of benzene rings is 1. The molecule has 1 aromatic carbocycles. The van der Waals surface area contributed by atoms with Crippen molar-refractivity contribution < 1.29 is 4.79 Å². The van der Waals surface area contributed by atoms with Crippen LogP contribution in [0.2, 0.25) is 5.02 Å². The van der Waals surface area contributed by atoms with Gasteiger partial charge in [0.25, 0.3) is 0 Å². The number of thiophene rings is 1. The van der Waals surface area contributed by atoms with Crippen LogP contribution in [0, 0.1) is 0 Å². The average molecular weight is 263 g/mol. The first-order valence-electron chi connectivity index (χ1n) is 5.19. The third-order valence-electron chi connectivity index (χ3n) is 2.36. The first kappa shape index (κ1) is 12.1. The molecule has 0 radical (unpaired) electrons. The fourth-order valence-corrected chi connectivity index (χ4v) is 2.33. The van der Waals surface area contributed by atoms with Crippen LogP contribution < -0.4 is 0 Å². The Kier molecular flexibility index (Phi) is 3.77. The second-order valence-corrected chi connectivity index (χ2v) is 5.07. The van der Waals surface area contributed by atoms with E-state index in [1.165, 1.54) is 11.3 Å². The number of carbonyl (C=O) groups is 1. The van der Waals surface area contributed by atoms with Crippen molar-refractivity contribution in [1.82, 2.24) is 0 Å². The highest BCUT2D eigenvalue weighted by atomic mass is 35.5. The first-order valence-corrected chi connectivity index (χ1v) is 6.44. The predicted octanol–water partition coefficient (Wildman–Crippen LogP) is 4.69. The third kappa shape index (κ3) is 3.05. The minimum absolute atomic E-state index is 0.0787. The van der Waals surface area contributed by atoms with Crippen molar-refractivity contribution in [2.24, 2.45) is 0 Å². The molecule has 2 aromatic rings. The van der Waals surface area contributed by atoms with Crippen LogP contribution in [-0.4, -0.2) is 5.78 Å². The summed E-state index contributed by atoms with van der Waals surface area (Å²) in [6, 6.07) is 11.1. The molecule has 0 atom stereocenters. The average Bonchev–Trinajstić information content (AvgIpc) is 2.84. The minimum Gasteiger partial charge on any atom is -0.288 e. The Morgan fingerprint density at radius 2 is 1.94 bits per heavy atom. The van der Waals surface area contributed by atoms with Gasteiger partial charge < -0.3 is 0 Å². The van der Waals surface area contributed by atoms with Gasteiger partial charge in [-0.15, -0.1) is 11.3 Å². The Morgan fingerprint density at radius 1 is 1.24 bits per heavy atom. The zero-order chi connectivity index (χ0) is 12.3. The maximum atomic E-state index is 12.0. The Bertz CT molecular complexity index is 538. The SMILES string of the molecule is CC(=Cc1ccc(Cl)cc1)C(=O)c1cccs1. The molecule has 0 saturated heterocycles. The highest BCUT2D eigenvalue weighted by Gasteiger charge is 2.08. The van der Waals surface area contributed by atoms with Crippen molar-refractivity contribution in [3.63, 3.8) is 0 Å². The molecule has 0 aliphatic heterocycles. The van der Waals surface area contributed by atoms with E-state index in [4.69, 9.17) is 11.6 Å². The highest BCUT2D eigenvalue weighted by Crippen LogP contribution is 2.17.